The van der Waals surface area contributed by atoms with Crippen LogP contribution in [0.4, 0.5) is 5.82 Å². The highest BCUT2D eigenvalue weighted by molar-refractivity contribution is 9.10. The molecule has 3 aromatic rings. The smallest absolute Gasteiger partial charge is 0.339 e. The number of aryl methyl sites for hydroxylation is 1. The van der Waals surface area contributed by atoms with Crippen LogP contribution in [-0.4, -0.2) is 30.9 Å². The highest BCUT2D eigenvalue weighted by Gasteiger charge is 2.12. The number of esters is 1. The predicted molar refractivity (Wildman–Crippen MR) is 93.6 cm³/mol. The van der Waals surface area contributed by atoms with Crippen LogP contribution in [0.3, 0.4) is 0 Å². The number of nitrogens with zero attached hydrogens (tertiary/aromatic N) is 5. The number of hydrogen-bond acceptors (Lipinski definition) is 7. The first-order chi connectivity index (χ1) is 12.0. The molecule has 1 aromatic carbocycles. The Labute approximate surface area is 152 Å². The average Bonchev–Trinajstić information content (AvgIpc) is 3.03. The van der Waals surface area contributed by atoms with Gasteiger partial charge in [-0.1, -0.05) is 17.3 Å². The van der Waals surface area contributed by atoms with Crippen LogP contribution in [0.15, 0.2) is 41.1 Å². The minimum atomic E-state index is -0.432. The zero-order valence-electron chi connectivity index (χ0n) is 13.4. The van der Waals surface area contributed by atoms with Gasteiger partial charge in [0.25, 0.3) is 0 Å². The monoisotopic (exact) mass is 402 g/mol. The lowest BCUT2D eigenvalue weighted by Gasteiger charge is -2.05. The van der Waals surface area contributed by atoms with E-state index >= 15 is 0 Å². The van der Waals surface area contributed by atoms with Crippen LogP contribution in [0, 0.1) is 6.92 Å². The van der Waals surface area contributed by atoms with Gasteiger partial charge in [0.15, 0.2) is 0 Å². The third-order valence-corrected chi connectivity index (χ3v) is 4.07. The molecule has 3 rings (SSSR count). The summed E-state index contributed by atoms with van der Waals surface area (Å²) < 4.78 is 7.53. The van der Waals surface area contributed by atoms with E-state index in [0.717, 1.165) is 5.56 Å². The van der Waals surface area contributed by atoms with E-state index in [9.17, 15) is 4.79 Å². The SMILES string of the molecule is Cc1ncc(Cn2cc(COC(=O)c3ccccc3Br)nn2)c(N)n1. The molecule has 0 aliphatic rings. The van der Waals surface area contributed by atoms with Gasteiger partial charge < -0.3 is 10.5 Å². The Hall–Kier alpha value is -2.81. The number of rotatable bonds is 5. The van der Waals surface area contributed by atoms with Crippen molar-refractivity contribution in [2.45, 2.75) is 20.1 Å². The Kier molecular flexibility index (Phi) is 5.03. The van der Waals surface area contributed by atoms with Crippen molar-refractivity contribution in [1.29, 1.82) is 0 Å². The number of hydrogen-bond donors (Lipinski definition) is 1. The maximum Gasteiger partial charge on any atom is 0.339 e. The van der Waals surface area contributed by atoms with E-state index in [2.05, 4.69) is 36.2 Å². The number of nitrogens with two attached hydrogens (primary N) is 1. The summed E-state index contributed by atoms with van der Waals surface area (Å²) in [6.45, 7) is 2.19. The number of halogens is 1. The number of ether oxygens (including phenoxy) is 1. The van der Waals surface area contributed by atoms with Crippen LogP contribution in [-0.2, 0) is 17.9 Å². The molecule has 0 saturated carbocycles. The first kappa shape index (κ1) is 17.0. The van der Waals surface area contributed by atoms with Crippen molar-refractivity contribution in [2.24, 2.45) is 0 Å². The molecule has 9 heteroatoms. The van der Waals surface area contributed by atoms with E-state index in [1.807, 2.05) is 6.07 Å². The lowest BCUT2D eigenvalue weighted by Crippen LogP contribution is -2.07. The summed E-state index contributed by atoms with van der Waals surface area (Å²) in [5, 5.41) is 7.99. The number of benzene rings is 1. The molecule has 25 heavy (non-hydrogen) atoms. The third-order valence-electron chi connectivity index (χ3n) is 3.38. The molecule has 128 valence electrons. The summed E-state index contributed by atoms with van der Waals surface area (Å²) >= 11 is 3.32. The van der Waals surface area contributed by atoms with E-state index in [4.69, 9.17) is 10.5 Å². The van der Waals surface area contributed by atoms with Gasteiger partial charge >= 0.3 is 5.97 Å². The van der Waals surface area contributed by atoms with Crippen LogP contribution in [0.5, 0.6) is 0 Å². The van der Waals surface area contributed by atoms with E-state index in [0.29, 0.717) is 33.9 Å². The summed E-state index contributed by atoms with van der Waals surface area (Å²) in [5.41, 5.74) is 7.60. The molecule has 2 heterocycles. The number of anilines is 1. The number of nitrogen functional groups attached to an aromatic ring is 1. The zero-order chi connectivity index (χ0) is 17.8. The minimum Gasteiger partial charge on any atom is -0.455 e. The fourth-order valence-electron chi connectivity index (χ4n) is 2.13. The van der Waals surface area contributed by atoms with Gasteiger partial charge in [-0.15, -0.1) is 5.10 Å². The van der Waals surface area contributed by atoms with Gasteiger partial charge in [0.1, 0.15) is 23.9 Å². The number of carbonyl (C=O) groups excluding carboxylic acids is 1. The summed E-state index contributed by atoms with van der Waals surface area (Å²) in [4.78, 5) is 20.3. The van der Waals surface area contributed by atoms with Crippen molar-refractivity contribution in [2.75, 3.05) is 5.73 Å². The lowest BCUT2D eigenvalue weighted by molar-refractivity contribution is 0.0466. The van der Waals surface area contributed by atoms with Gasteiger partial charge in [0.2, 0.25) is 0 Å². The van der Waals surface area contributed by atoms with E-state index in [-0.39, 0.29) is 6.61 Å². The zero-order valence-corrected chi connectivity index (χ0v) is 15.0. The molecule has 2 N–H and O–H groups in total. The van der Waals surface area contributed by atoms with Crippen LogP contribution in [0.1, 0.15) is 27.4 Å². The molecule has 0 spiro atoms. The van der Waals surface area contributed by atoms with E-state index in [1.165, 1.54) is 0 Å². The highest BCUT2D eigenvalue weighted by atomic mass is 79.9. The molecule has 0 saturated heterocycles. The molecule has 0 aliphatic heterocycles. The Morgan fingerprint density at radius 2 is 2.16 bits per heavy atom. The first-order valence-electron chi connectivity index (χ1n) is 7.41. The number of carbonyl (C=O) groups is 1. The van der Waals surface area contributed by atoms with E-state index in [1.54, 1.807) is 42.2 Å². The molecule has 0 bridgehead atoms. The van der Waals surface area contributed by atoms with Crippen LogP contribution < -0.4 is 5.73 Å². The van der Waals surface area contributed by atoms with Crippen molar-refractivity contribution in [3.63, 3.8) is 0 Å². The molecule has 0 radical (unpaired) electrons. The molecule has 0 aliphatic carbocycles. The standard InChI is InChI=1S/C16H15BrN6O2/c1-10-19-6-11(15(18)20-10)7-23-8-12(21-22-23)9-25-16(24)13-4-2-3-5-14(13)17/h2-6,8H,7,9H2,1H3,(H2,18,19,20). The summed E-state index contributed by atoms with van der Waals surface area (Å²) in [7, 11) is 0. The van der Waals surface area contributed by atoms with Gasteiger partial charge in [-0.2, -0.15) is 0 Å². The molecule has 2 aromatic heterocycles. The fraction of sp³-hybridized carbons (Fsp3) is 0.188. The van der Waals surface area contributed by atoms with Gasteiger partial charge in [-0.25, -0.2) is 19.4 Å². The van der Waals surface area contributed by atoms with Gasteiger partial charge in [-0.05, 0) is 35.0 Å². The maximum atomic E-state index is 12.1. The van der Waals surface area contributed by atoms with Crippen LogP contribution in [0.2, 0.25) is 0 Å². The molecule has 8 nitrogen and oxygen atoms in total. The summed E-state index contributed by atoms with van der Waals surface area (Å²) in [6.07, 6.45) is 3.35. The molecular weight excluding hydrogens is 388 g/mol. The van der Waals surface area contributed by atoms with Crippen LogP contribution >= 0.6 is 15.9 Å². The Balaban J connectivity index is 1.62. The molecule has 0 atom stereocenters. The highest BCUT2D eigenvalue weighted by Crippen LogP contribution is 2.17. The maximum absolute atomic E-state index is 12.1. The molecule has 0 fully saturated rings. The second-order valence-corrected chi connectivity index (χ2v) is 6.15. The quantitative estimate of drug-likeness (QED) is 0.650. The summed E-state index contributed by atoms with van der Waals surface area (Å²) in [5.74, 6) is 0.586. The van der Waals surface area contributed by atoms with Crippen molar-refractivity contribution >= 4 is 27.7 Å². The summed E-state index contributed by atoms with van der Waals surface area (Å²) in [6, 6.07) is 7.06. The Morgan fingerprint density at radius 3 is 2.92 bits per heavy atom. The minimum absolute atomic E-state index is 0.0278. The topological polar surface area (TPSA) is 109 Å². The Morgan fingerprint density at radius 1 is 1.36 bits per heavy atom. The second kappa shape index (κ2) is 7.39. The van der Waals surface area contributed by atoms with Crippen molar-refractivity contribution in [3.8, 4) is 0 Å². The largest absolute Gasteiger partial charge is 0.455 e. The average molecular weight is 403 g/mol. The van der Waals surface area contributed by atoms with Crippen molar-refractivity contribution < 1.29 is 9.53 Å². The van der Waals surface area contributed by atoms with E-state index < -0.39 is 5.97 Å². The fourth-order valence-corrected chi connectivity index (χ4v) is 2.58. The normalized spacial score (nSPS) is 10.6. The second-order valence-electron chi connectivity index (χ2n) is 5.29. The van der Waals surface area contributed by atoms with Crippen molar-refractivity contribution in [1.82, 2.24) is 25.0 Å². The molecular formula is C16H15BrN6O2. The molecule has 0 amide bonds. The number of aromatic nitrogens is 5. The van der Waals surface area contributed by atoms with Gasteiger partial charge in [0, 0.05) is 16.2 Å². The van der Waals surface area contributed by atoms with Gasteiger partial charge in [0.05, 0.1) is 18.3 Å². The Bertz CT molecular complexity index is 911. The van der Waals surface area contributed by atoms with Gasteiger partial charge in [-0.3, -0.25) is 0 Å². The lowest BCUT2D eigenvalue weighted by atomic mass is 10.2. The van der Waals surface area contributed by atoms with Crippen molar-refractivity contribution in [3.05, 3.63) is 63.8 Å². The molecule has 0 unspecified atom stereocenters. The predicted octanol–water partition coefficient (Wildman–Crippen LogP) is 2.13. The first-order valence-corrected chi connectivity index (χ1v) is 8.21. The third kappa shape index (κ3) is 4.18. The van der Waals surface area contributed by atoms with Crippen LogP contribution in [0.25, 0.3) is 0 Å².